The lowest BCUT2D eigenvalue weighted by atomic mass is 9.95. The summed E-state index contributed by atoms with van der Waals surface area (Å²) in [6.07, 6.45) is -3.04. The van der Waals surface area contributed by atoms with E-state index in [1.807, 2.05) is 13.8 Å². The minimum atomic E-state index is -4.44. The fourth-order valence-corrected chi connectivity index (χ4v) is 2.05. The molecule has 1 heterocycles. The van der Waals surface area contributed by atoms with Gasteiger partial charge in [-0.3, -0.25) is 0 Å². The van der Waals surface area contributed by atoms with Gasteiger partial charge in [-0.1, -0.05) is 18.3 Å². The van der Waals surface area contributed by atoms with Gasteiger partial charge in [0.2, 0.25) is 10.1 Å². The van der Waals surface area contributed by atoms with Gasteiger partial charge in [-0.25, -0.2) is 0 Å². The molecule has 0 saturated heterocycles. The van der Waals surface area contributed by atoms with Crippen molar-refractivity contribution in [3.8, 4) is 0 Å². The van der Waals surface area contributed by atoms with Crippen molar-refractivity contribution < 1.29 is 13.2 Å². The zero-order valence-corrected chi connectivity index (χ0v) is 10.5. The maximum atomic E-state index is 12.3. The second-order valence-electron chi connectivity index (χ2n) is 3.99. The smallest absolute Gasteiger partial charge is 0.355 e. The zero-order valence-electron chi connectivity index (χ0n) is 9.64. The van der Waals surface area contributed by atoms with E-state index in [9.17, 15) is 13.2 Å². The predicted octanol–water partition coefficient (Wildman–Crippen LogP) is 2.49. The van der Waals surface area contributed by atoms with Crippen LogP contribution in [0.1, 0.15) is 31.7 Å². The lowest BCUT2D eigenvalue weighted by molar-refractivity contribution is -0.138. The van der Waals surface area contributed by atoms with Crippen LogP contribution in [0.3, 0.4) is 0 Å². The molecule has 0 bridgehead atoms. The molecule has 1 unspecified atom stereocenters. The zero-order chi connectivity index (χ0) is 13.1. The first kappa shape index (κ1) is 14.2. The highest BCUT2D eigenvalue weighted by Crippen LogP contribution is 2.34. The average molecular weight is 268 g/mol. The molecule has 1 aromatic heterocycles. The predicted molar refractivity (Wildman–Crippen MR) is 60.9 cm³/mol. The van der Waals surface area contributed by atoms with Crippen molar-refractivity contribution in [3.63, 3.8) is 0 Å². The molecule has 0 aliphatic carbocycles. The van der Waals surface area contributed by atoms with Crippen molar-refractivity contribution in [2.45, 2.75) is 38.4 Å². The number of nitrogens with one attached hydrogen (secondary N) is 1. The van der Waals surface area contributed by atoms with Crippen LogP contribution in [0.15, 0.2) is 0 Å². The summed E-state index contributed by atoms with van der Waals surface area (Å²) in [5.41, 5.74) is 5.12. The van der Waals surface area contributed by atoms with Gasteiger partial charge in [0.05, 0.1) is 0 Å². The normalized spacial score (nSPS) is 15.6. The van der Waals surface area contributed by atoms with Crippen LogP contribution in [-0.2, 0) is 6.18 Å². The van der Waals surface area contributed by atoms with Gasteiger partial charge >= 0.3 is 6.18 Å². The minimum Gasteiger partial charge on any atom is -0.355 e. The molecule has 98 valence electrons. The van der Waals surface area contributed by atoms with Gasteiger partial charge in [-0.15, -0.1) is 10.2 Å². The molecule has 1 atom stereocenters. The summed E-state index contributed by atoms with van der Waals surface area (Å²) in [6.45, 7) is 4.30. The Morgan fingerprint density at radius 3 is 2.41 bits per heavy atom. The van der Waals surface area contributed by atoms with Crippen LogP contribution < -0.4 is 11.1 Å². The second-order valence-corrected chi connectivity index (χ2v) is 4.97. The van der Waals surface area contributed by atoms with Crippen LogP contribution in [0, 0.1) is 0 Å². The maximum absolute atomic E-state index is 12.3. The summed E-state index contributed by atoms with van der Waals surface area (Å²) in [7, 11) is 0. The van der Waals surface area contributed by atoms with Crippen molar-refractivity contribution in [1.29, 1.82) is 0 Å². The summed E-state index contributed by atoms with van der Waals surface area (Å²) in [4.78, 5) is 0. The topological polar surface area (TPSA) is 63.8 Å². The van der Waals surface area contributed by atoms with Crippen molar-refractivity contribution in [2.24, 2.45) is 5.73 Å². The van der Waals surface area contributed by atoms with Crippen LogP contribution in [0.5, 0.6) is 0 Å². The van der Waals surface area contributed by atoms with Gasteiger partial charge in [0.25, 0.3) is 0 Å². The Labute approximate surface area is 101 Å². The average Bonchev–Trinajstić information content (AvgIpc) is 2.66. The molecule has 0 amide bonds. The van der Waals surface area contributed by atoms with E-state index >= 15 is 0 Å². The Hall–Kier alpha value is -0.890. The lowest BCUT2D eigenvalue weighted by Crippen LogP contribution is -2.36. The number of rotatable bonds is 5. The van der Waals surface area contributed by atoms with Crippen LogP contribution in [-0.4, -0.2) is 22.3 Å². The quantitative estimate of drug-likeness (QED) is 0.861. The van der Waals surface area contributed by atoms with E-state index in [0.29, 0.717) is 24.3 Å². The number of nitrogens with two attached hydrogens (primary N) is 1. The van der Waals surface area contributed by atoms with Gasteiger partial charge in [-0.05, 0) is 26.3 Å². The Morgan fingerprint density at radius 2 is 2.00 bits per heavy atom. The van der Waals surface area contributed by atoms with E-state index in [1.165, 1.54) is 0 Å². The number of halogens is 3. The number of hydrogen-bond acceptors (Lipinski definition) is 5. The van der Waals surface area contributed by atoms with Crippen molar-refractivity contribution in [1.82, 2.24) is 10.2 Å². The van der Waals surface area contributed by atoms with E-state index < -0.39 is 11.2 Å². The fourth-order valence-electron chi connectivity index (χ4n) is 1.29. The molecular weight excluding hydrogens is 253 g/mol. The molecule has 3 N–H and O–H groups in total. The maximum Gasteiger partial charge on any atom is 0.445 e. The van der Waals surface area contributed by atoms with E-state index in [0.717, 1.165) is 6.42 Å². The van der Waals surface area contributed by atoms with Crippen molar-refractivity contribution >= 4 is 16.5 Å². The molecule has 0 saturated carbocycles. The Balaban J connectivity index is 2.78. The summed E-state index contributed by atoms with van der Waals surface area (Å²) in [6, 6.07) is 0. The first-order valence-electron chi connectivity index (χ1n) is 5.19. The van der Waals surface area contributed by atoms with Crippen molar-refractivity contribution in [3.05, 3.63) is 5.01 Å². The van der Waals surface area contributed by atoms with Gasteiger partial charge in [0.1, 0.15) is 0 Å². The molecule has 0 radical (unpaired) electrons. The largest absolute Gasteiger partial charge is 0.445 e. The first-order chi connectivity index (χ1) is 7.80. The van der Waals surface area contributed by atoms with E-state index in [4.69, 9.17) is 5.73 Å². The number of nitrogens with zero attached hydrogens (tertiary/aromatic N) is 2. The molecule has 1 rings (SSSR count). The summed E-state index contributed by atoms with van der Waals surface area (Å²) in [5.74, 6) is 0. The third-order valence-corrected chi connectivity index (χ3v) is 3.44. The minimum absolute atomic E-state index is 0.176. The molecule has 4 nitrogen and oxygen atoms in total. The monoisotopic (exact) mass is 268 g/mol. The first-order valence-corrected chi connectivity index (χ1v) is 6.01. The number of alkyl halides is 3. The SMILES string of the molecule is CCC(C)(CCN)Nc1nnc(C(F)(F)F)s1. The summed E-state index contributed by atoms with van der Waals surface area (Å²) in [5, 5.41) is 8.81. The van der Waals surface area contributed by atoms with Crippen LogP contribution in [0.2, 0.25) is 0 Å². The molecule has 0 fully saturated rings. The molecule has 0 aromatic carbocycles. The van der Waals surface area contributed by atoms with Gasteiger partial charge in [0, 0.05) is 5.54 Å². The summed E-state index contributed by atoms with van der Waals surface area (Å²) >= 11 is 0.509. The summed E-state index contributed by atoms with van der Waals surface area (Å²) < 4.78 is 37.0. The standard InChI is InChI=1S/C9H15F3N4S/c1-3-8(2,4-5-13)14-7-16-15-6(17-7)9(10,11)12/h3-5,13H2,1-2H3,(H,14,16). The molecule has 17 heavy (non-hydrogen) atoms. The highest BCUT2D eigenvalue weighted by molar-refractivity contribution is 7.15. The third kappa shape index (κ3) is 3.81. The molecule has 1 aromatic rings. The van der Waals surface area contributed by atoms with Crippen LogP contribution in [0.4, 0.5) is 18.3 Å². The number of anilines is 1. The lowest BCUT2D eigenvalue weighted by Gasteiger charge is -2.28. The molecule has 0 spiro atoms. The van der Waals surface area contributed by atoms with Gasteiger partial charge in [-0.2, -0.15) is 13.2 Å². The Kier molecular flexibility index (Phi) is 4.31. The molecule has 0 aliphatic heterocycles. The van der Waals surface area contributed by atoms with Crippen molar-refractivity contribution in [2.75, 3.05) is 11.9 Å². The Morgan fingerprint density at radius 1 is 1.35 bits per heavy atom. The molecule has 8 heteroatoms. The fraction of sp³-hybridized carbons (Fsp3) is 0.778. The second kappa shape index (κ2) is 5.18. The third-order valence-electron chi connectivity index (χ3n) is 2.55. The van der Waals surface area contributed by atoms with Gasteiger partial charge < -0.3 is 11.1 Å². The van der Waals surface area contributed by atoms with E-state index in [-0.39, 0.29) is 10.7 Å². The number of aromatic nitrogens is 2. The Bertz CT molecular complexity index is 365. The number of hydrogen-bond donors (Lipinski definition) is 2. The highest BCUT2D eigenvalue weighted by atomic mass is 32.1. The molecule has 0 aliphatic rings. The van der Waals surface area contributed by atoms with Gasteiger partial charge in [0.15, 0.2) is 0 Å². The van der Waals surface area contributed by atoms with Crippen LogP contribution in [0.25, 0.3) is 0 Å². The van der Waals surface area contributed by atoms with Crippen LogP contribution >= 0.6 is 11.3 Å². The molecular formula is C9H15F3N4S. The highest BCUT2D eigenvalue weighted by Gasteiger charge is 2.36. The van der Waals surface area contributed by atoms with E-state index in [2.05, 4.69) is 15.5 Å². The van der Waals surface area contributed by atoms with E-state index in [1.54, 1.807) is 0 Å².